The van der Waals surface area contributed by atoms with Crippen molar-refractivity contribution in [1.29, 1.82) is 0 Å². The van der Waals surface area contributed by atoms with Crippen LogP contribution < -0.4 is 14.8 Å². The van der Waals surface area contributed by atoms with Gasteiger partial charge in [0.15, 0.2) is 11.5 Å². The SMILES string of the molecule is CCCOc1cc(CNC)ccc1OC. The van der Waals surface area contributed by atoms with E-state index in [-0.39, 0.29) is 0 Å². The van der Waals surface area contributed by atoms with Crippen LogP contribution in [0.1, 0.15) is 18.9 Å². The second-order valence-corrected chi connectivity index (χ2v) is 3.36. The topological polar surface area (TPSA) is 30.5 Å². The van der Waals surface area contributed by atoms with Crippen molar-refractivity contribution in [3.63, 3.8) is 0 Å². The van der Waals surface area contributed by atoms with Crippen molar-refractivity contribution >= 4 is 0 Å². The highest BCUT2D eigenvalue weighted by molar-refractivity contribution is 5.42. The molecule has 0 fully saturated rings. The smallest absolute Gasteiger partial charge is 0.161 e. The van der Waals surface area contributed by atoms with E-state index in [9.17, 15) is 0 Å². The molecule has 0 bridgehead atoms. The van der Waals surface area contributed by atoms with Gasteiger partial charge in [-0.2, -0.15) is 0 Å². The van der Waals surface area contributed by atoms with E-state index in [4.69, 9.17) is 9.47 Å². The average molecular weight is 209 g/mol. The molecule has 0 aliphatic rings. The number of hydrogen-bond donors (Lipinski definition) is 1. The molecule has 1 rings (SSSR count). The molecule has 0 radical (unpaired) electrons. The number of benzene rings is 1. The molecule has 3 nitrogen and oxygen atoms in total. The summed E-state index contributed by atoms with van der Waals surface area (Å²) in [6.45, 7) is 3.65. The van der Waals surface area contributed by atoms with Gasteiger partial charge in [0, 0.05) is 6.54 Å². The molecule has 0 aliphatic carbocycles. The lowest BCUT2D eigenvalue weighted by Gasteiger charge is -2.11. The van der Waals surface area contributed by atoms with E-state index in [1.54, 1.807) is 7.11 Å². The van der Waals surface area contributed by atoms with Gasteiger partial charge in [-0.3, -0.25) is 0 Å². The van der Waals surface area contributed by atoms with Crippen LogP contribution in [0.3, 0.4) is 0 Å². The molecule has 3 heteroatoms. The van der Waals surface area contributed by atoms with Crippen molar-refractivity contribution in [2.75, 3.05) is 20.8 Å². The summed E-state index contributed by atoms with van der Waals surface area (Å²) in [7, 11) is 3.59. The largest absolute Gasteiger partial charge is 0.493 e. The van der Waals surface area contributed by atoms with Crippen LogP contribution in [0.15, 0.2) is 18.2 Å². The number of methoxy groups -OCH3 is 1. The van der Waals surface area contributed by atoms with Gasteiger partial charge in [-0.15, -0.1) is 0 Å². The molecular weight excluding hydrogens is 190 g/mol. The van der Waals surface area contributed by atoms with Gasteiger partial charge >= 0.3 is 0 Å². The molecule has 1 aromatic carbocycles. The third kappa shape index (κ3) is 3.44. The predicted octanol–water partition coefficient (Wildman–Crippen LogP) is 2.20. The Morgan fingerprint density at radius 3 is 2.67 bits per heavy atom. The minimum absolute atomic E-state index is 0.722. The highest BCUT2D eigenvalue weighted by Crippen LogP contribution is 2.28. The Kier molecular flexibility index (Phi) is 4.98. The Labute approximate surface area is 91.4 Å². The van der Waals surface area contributed by atoms with Crippen molar-refractivity contribution in [2.24, 2.45) is 0 Å². The lowest BCUT2D eigenvalue weighted by atomic mass is 10.2. The molecule has 0 aromatic heterocycles. The van der Waals surface area contributed by atoms with E-state index in [2.05, 4.69) is 12.2 Å². The Bertz CT molecular complexity index is 300. The quantitative estimate of drug-likeness (QED) is 0.779. The summed E-state index contributed by atoms with van der Waals surface area (Å²) in [5.74, 6) is 1.62. The lowest BCUT2D eigenvalue weighted by molar-refractivity contribution is 0.294. The summed E-state index contributed by atoms with van der Waals surface area (Å²) in [5, 5.41) is 3.11. The molecule has 0 amide bonds. The van der Waals surface area contributed by atoms with Gasteiger partial charge in [0.2, 0.25) is 0 Å². The third-order valence-corrected chi connectivity index (χ3v) is 2.07. The molecule has 15 heavy (non-hydrogen) atoms. The second kappa shape index (κ2) is 6.30. The first kappa shape index (κ1) is 11.9. The van der Waals surface area contributed by atoms with Gasteiger partial charge in [-0.25, -0.2) is 0 Å². The Morgan fingerprint density at radius 1 is 1.27 bits per heavy atom. The van der Waals surface area contributed by atoms with Crippen LogP contribution in [-0.4, -0.2) is 20.8 Å². The van der Waals surface area contributed by atoms with E-state index < -0.39 is 0 Å². The van der Waals surface area contributed by atoms with Crippen LogP contribution in [0.2, 0.25) is 0 Å². The highest BCUT2D eigenvalue weighted by atomic mass is 16.5. The zero-order valence-corrected chi connectivity index (χ0v) is 9.67. The summed E-state index contributed by atoms with van der Waals surface area (Å²) in [5.41, 5.74) is 1.20. The summed E-state index contributed by atoms with van der Waals surface area (Å²) >= 11 is 0. The molecule has 1 N–H and O–H groups in total. The standard InChI is InChI=1S/C12H19NO2/c1-4-7-15-12-8-10(9-13-2)5-6-11(12)14-3/h5-6,8,13H,4,7,9H2,1-3H3. The molecule has 0 saturated heterocycles. The molecular formula is C12H19NO2. The number of rotatable bonds is 6. The van der Waals surface area contributed by atoms with E-state index >= 15 is 0 Å². The predicted molar refractivity (Wildman–Crippen MR) is 61.5 cm³/mol. The van der Waals surface area contributed by atoms with Gasteiger partial charge in [0.25, 0.3) is 0 Å². The van der Waals surface area contributed by atoms with Gasteiger partial charge in [-0.1, -0.05) is 13.0 Å². The van der Waals surface area contributed by atoms with E-state index in [1.165, 1.54) is 5.56 Å². The highest BCUT2D eigenvalue weighted by Gasteiger charge is 2.04. The number of hydrogen-bond acceptors (Lipinski definition) is 3. The van der Waals surface area contributed by atoms with E-state index in [0.717, 1.165) is 31.1 Å². The number of nitrogens with one attached hydrogen (secondary N) is 1. The van der Waals surface area contributed by atoms with Gasteiger partial charge in [-0.05, 0) is 31.2 Å². The monoisotopic (exact) mass is 209 g/mol. The summed E-state index contributed by atoms with van der Waals surface area (Å²) in [6.07, 6.45) is 0.999. The normalized spacial score (nSPS) is 10.1. The fraction of sp³-hybridized carbons (Fsp3) is 0.500. The first-order valence-corrected chi connectivity index (χ1v) is 5.26. The molecule has 0 heterocycles. The molecule has 1 aromatic rings. The van der Waals surface area contributed by atoms with Crippen LogP contribution in [-0.2, 0) is 6.54 Å². The Balaban J connectivity index is 2.81. The van der Waals surface area contributed by atoms with E-state index in [1.807, 2.05) is 25.2 Å². The van der Waals surface area contributed by atoms with Crippen LogP contribution in [0.4, 0.5) is 0 Å². The minimum atomic E-state index is 0.722. The third-order valence-electron chi connectivity index (χ3n) is 2.07. The summed E-state index contributed by atoms with van der Waals surface area (Å²) < 4.78 is 10.8. The number of ether oxygens (including phenoxy) is 2. The van der Waals surface area contributed by atoms with Gasteiger partial charge in [0.1, 0.15) is 0 Å². The van der Waals surface area contributed by atoms with E-state index in [0.29, 0.717) is 0 Å². The van der Waals surface area contributed by atoms with Gasteiger partial charge in [0.05, 0.1) is 13.7 Å². The van der Waals surface area contributed by atoms with Crippen molar-refractivity contribution in [1.82, 2.24) is 5.32 Å². The second-order valence-electron chi connectivity index (χ2n) is 3.36. The van der Waals surface area contributed by atoms with Crippen LogP contribution in [0.25, 0.3) is 0 Å². The van der Waals surface area contributed by atoms with Crippen molar-refractivity contribution in [2.45, 2.75) is 19.9 Å². The summed E-state index contributed by atoms with van der Waals surface area (Å²) in [4.78, 5) is 0. The molecule has 0 saturated carbocycles. The fourth-order valence-corrected chi connectivity index (χ4v) is 1.36. The molecule has 84 valence electrons. The maximum atomic E-state index is 5.61. The zero-order chi connectivity index (χ0) is 11.1. The Hall–Kier alpha value is -1.22. The van der Waals surface area contributed by atoms with Crippen molar-refractivity contribution in [3.8, 4) is 11.5 Å². The first-order chi connectivity index (χ1) is 7.31. The average Bonchev–Trinajstić information content (AvgIpc) is 2.27. The van der Waals surface area contributed by atoms with Gasteiger partial charge < -0.3 is 14.8 Å². The van der Waals surface area contributed by atoms with Crippen LogP contribution in [0.5, 0.6) is 11.5 Å². The first-order valence-electron chi connectivity index (χ1n) is 5.26. The van der Waals surface area contributed by atoms with Crippen LogP contribution in [0, 0.1) is 0 Å². The maximum Gasteiger partial charge on any atom is 0.161 e. The molecule has 0 aliphatic heterocycles. The summed E-state index contributed by atoms with van der Waals surface area (Å²) in [6, 6.07) is 6.00. The fourth-order valence-electron chi connectivity index (χ4n) is 1.36. The Morgan fingerprint density at radius 2 is 2.07 bits per heavy atom. The van der Waals surface area contributed by atoms with Crippen molar-refractivity contribution < 1.29 is 9.47 Å². The minimum Gasteiger partial charge on any atom is -0.493 e. The maximum absolute atomic E-state index is 5.61. The molecule has 0 atom stereocenters. The lowest BCUT2D eigenvalue weighted by Crippen LogP contribution is -2.06. The van der Waals surface area contributed by atoms with Crippen LogP contribution >= 0.6 is 0 Å². The molecule has 0 unspecified atom stereocenters. The van der Waals surface area contributed by atoms with Crippen molar-refractivity contribution in [3.05, 3.63) is 23.8 Å². The molecule has 0 spiro atoms. The zero-order valence-electron chi connectivity index (χ0n) is 9.67.